The number of rotatable bonds is 2. The molecular weight excluding hydrogens is 326 g/mol. The fourth-order valence-corrected chi connectivity index (χ4v) is 2.91. The molecule has 0 aliphatic rings. The van der Waals surface area contributed by atoms with Crippen molar-refractivity contribution in [2.24, 2.45) is 0 Å². The molecule has 0 saturated heterocycles. The number of halogens is 1. The Labute approximate surface area is 131 Å². The first-order chi connectivity index (χ1) is 10.1. The quantitative estimate of drug-likeness (QED) is 0.626. The van der Waals surface area contributed by atoms with Crippen molar-refractivity contribution in [1.82, 2.24) is 4.57 Å². The maximum Gasteiger partial charge on any atom is 0.256 e. The Morgan fingerprint density at radius 2 is 1.52 bits per heavy atom. The minimum absolute atomic E-state index is 0.0490. The second-order valence-corrected chi connectivity index (χ2v) is 5.75. The summed E-state index contributed by atoms with van der Waals surface area (Å²) in [6.07, 6.45) is 0. The van der Waals surface area contributed by atoms with E-state index in [0.29, 0.717) is 0 Å². The van der Waals surface area contributed by atoms with Crippen LogP contribution in [0.1, 0.15) is 5.56 Å². The summed E-state index contributed by atoms with van der Waals surface area (Å²) in [7, 11) is 0. The van der Waals surface area contributed by atoms with Crippen LogP contribution in [-0.4, -0.2) is 4.57 Å². The van der Waals surface area contributed by atoms with Crippen molar-refractivity contribution in [2.45, 2.75) is 6.92 Å². The molecule has 2 aromatic carbocycles. The molecule has 0 bridgehead atoms. The van der Waals surface area contributed by atoms with E-state index in [2.05, 4.69) is 15.9 Å². The van der Waals surface area contributed by atoms with Gasteiger partial charge in [0.25, 0.3) is 5.56 Å². The smallest absolute Gasteiger partial charge is 0.256 e. The molecule has 0 amide bonds. The molecule has 0 N–H and O–H groups in total. The molecule has 1 heterocycles. The molecule has 2 nitrogen and oxygen atoms in total. The first kappa shape index (κ1) is 13.8. The highest BCUT2D eigenvalue weighted by Gasteiger charge is 2.08. The van der Waals surface area contributed by atoms with Crippen molar-refractivity contribution >= 4 is 15.9 Å². The van der Waals surface area contributed by atoms with Gasteiger partial charge in [0, 0.05) is 11.8 Å². The number of pyridine rings is 1. The molecule has 0 fully saturated rings. The van der Waals surface area contributed by atoms with Crippen molar-refractivity contribution in [1.29, 1.82) is 0 Å². The summed E-state index contributed by atoms with van der Waals surface area (Å²) in [5.41, 5.74) is 3.93. The molecule has 0 radical (unpaired) electrons. The van der Waals surface area contributed by atoms with Gasteiger partial charge in [0.1, 0.15) is 0 Å². The molecular formula is C18H14BrNO. The van der Waals surface area contributed by atoms with Crippen LogP contribution in [0.15, 0.2) is 76.1 Å². The molecule has 0 atom stereocenters. The summed E-state index contributed by atoms with van der Waals surface area (Å²) >= 11 is 3.51. The average molecular weight is 340 g/mol. The lowest BCUT2D eigenvalue weighted by atomic mass is 10.1. The van der Waals surface area contributed by atoms with E-state index in [0.717, 1.165) is 21.4 Å². The van der Waals surface area contributed by atoms with Crippen LogP contribution >= 0.6 is 15.9 Å². The predicted molar refractivity (Wildman–Crippen MR) is 89.9 cm³/mol. The zero-order chi connectivity index (χ0) is 14.8. The molecule has 104 valence electrons. The molecule has 3 rings (SSSR count). The molecule has 0 saturated carbocycles. The summed E-state index contributed by atoms with van der Waals surface area (Å²) in [4.78, 5) is 12.5. The number of aromatic nitrogens is 1. The predicted octanol–water partition coefficient (Wildman–Crippen LogP) is 4.58. The normalized spacial score (nSPS) is 10.6. The maximum absolute atomic E-state index is 12.5. The highest BCUT2D eigenvalue weighted by Crippen LogP contribution is 2.23. The molecule has 0 aliphatic heterocycles. The third-order valence-electron chi connectivity index (χ3n) is 3.39. The Morgan fingerprint density at radius 1 is 0.857 bits per heavy atom. The van der Waals surface area contributed by atoms with Gasteiger partial charge in [0.15, 0.2) is 0 Å². The summed E-state index contributed by atoms with van der Waals surface area (Å²) in [6, 6.07) is 21.4. The topological polar surface area (TPSA) is 22.0 Å². The van der Waals surface area contributed by atoms with Gasteiger partial charge in [-0.15, -0.1) is 0 Å². The third kappa shape index (κ3) is 2.83. The molecule has 0 unspecified atom stereocenters. The van der Waals surface area contributed by atoms with Crippen LogP contribution in [0.3, 0.4) is 0 Å². The van der Waals surface area contributed by atoms with Gasteiger partial charge in [0.05, 0.1) is 4.60 Å². The zero-order valence-electron chi connectivity index (χ0n) is 11.6. The van der Waals surface area contributed by atoms with E-state index >= 15 is 0 Å². The number of hydrogen-bond donors (Lipinski definition) is 0. The maximum atomic E-state index is 12.5. The Morgan fingerprint density at radius 3 is 2.14 bits per heavy atom. The molecule has 0 aliphatic carbocycles. The standard InChI is InChI=1S/C18H14BrNO/c1-13-7-9-16(10-8-13)20-17(19)11-15(12-18(20)21)14-5-3-2-4-6-14/h2-12H,1H3. The minimum Gasteiger partial charge on any atom is -0.271 e. The minimum atomic E-state index is -0.0490. The second kappa shape index (κ2) is 5.70. The van der Waals surface area contributed by atoms with Crippen LogP contribution in [0.4, 0.5) is 0 Å². The van der Waals surface area contributed by atoms with Gasteiger partial charge in [-0.3, -0.25) is 9.36 Å². The van der Waals surface area contributed by atoms with Gasteiger partial charge < -0.3 is 0 Å². The second-order valence-electron chi connectivity index (χ2n) is 4.94. The lowest BCUT2D eigenvalue weighted by molar-refractivity contribution is 0.960. The van der Waals surface area contributed by atoms with Gasteiger partial charge in [-0.05, 0) is 52.2 Å². The Bertz CT molecular complexity index is 820. The van der Waals surface area contributed by atoms with E-state index in [9.17, 15) is 4.79 Å². The van der Waals surface area contributed by atoms with E-state index in [1.807, 2.05) is 67.6 Å². The number of aryl methyl sites for hydroxylation is 1. The summed E-state index contributed by atoms with van der Waals surface area (Å²) in [5, 5.41) is 0. The zero-order valence-corrected chi connectivity index (χ0v) is 13.2. The monoisotopic (exact) mass is 339 g/mol. The Hall–Kier alpha value is -2.13. The highest BCUT2D eigenvalue weighted by atomic mass is 79.9. The molecule has 3 heteroatoms. The van der Waals surface area contributed by atoms with Crippen LogP contribution in [-0.2, 0) is 0 Å². The lowest BCUT2D eigenvalue weighted by Crippen LogP contribution is -2.18. The number of nitrogens with zero attached hydrogens (tertiary/aromatic N) is 1. The van der Waals surface area contributed by atoms with Crippen molar-refractivity contribution in [3.8, 4) is 16.8 Å². The van der Waals surface area contributed by atoms with Crippen LogP contribution in [0.5, 0.6) is 0 Å². The van der Waals surface area contributed by atoms with Crippen LogP contribution in [0, 0.1) is 6.92 Å². The van der Waals surface area contributed by atoms with E-state index in [1.165, 1.54) is 5.56 Å². The van der Waals surface area contributed by atoms with Crippen LogP contribution < -0.4 is 5.56 Å². The first-order valence-corrected chi connectivity index (χ1v) is 7.49. The van der Waals surface area contributed by atoms with E-state index in [4.69, 9.17) is 0 Å². The van der Waals surface area contributed by atoms with Crippen molar-refractivity contribution < 1.29 is 0 Å². The SMILES string of the molecule is Cc1ccc(-n2c(Br)cc(-c3ccccc3)cc2=O)cc1. The van der Waals surface area contributed by atoms with Gasteiger partial charge in [-0.25, -0.2) is 0 Å². The van der Waals surface area contributed by atoms with Gasteiger partial charge >= 0.3 is 0 Å². The molecule has 21 heavy (non-hydrogen) atoms. The van der Waals surface area contributed by atoms with E-state index < -0.39 is 0 Å². The number of benzene rings is 2. The molecule has 0 spiro atoms. The van der Waals surface area contributed by atoms with Crippen molar-refractivity contribution in [2.75, 3.05) is 0 Å². The fraction of sp³-hybridized carbons (Fsp3) is 0.0556. The van der Waals surface area contributed by atoms with Crippen molar-refractivity contribution in [3.05, 3.63) is 87.3 Å². The molecule has 3 aromatic rings. The first-order valence-electron chi connectivity index (χ1n) is 6.70. The summed E-state index contributed by atoms with van der Waals surface area (Å²) in [6.45, 7) is 2.03. The van der Waals surface area contributed by atoms with Gasteiger partial charge in [-0.2, -0.15) is 0 Å². The van der Waals surface area contributed by atoms with Crippen LogP contribution in [0.2, 0.25) is 0 Å². The Kier molecular flexibility index (Phi) is 3.76. The van der Waals surface area contributed by atoms with E-state index in [1.54, 1.807) is 10.6 Å². The van der Waals surface area contributed by atoms with Gasteiger partial charge in [-0.1, -0.05) is 48.0 Å². The van der Waals surface area contributed by atoms with E-state index in [-0.39, 0.29) is 5.56 Å². The largest absolute Gasteiger partial charge is 0.271 e. The highest BCUT2D eigenvalue weighted by molar-refractivity contribution is 9.10. The molecule has 1 aromatic heterocycles. The third-order valence-corrected chi connectivity index (χ3v) is 3.97. The van der Waals surface area contributed by atoms with Crippen LogP contribution in [0.25, 0.3) is 16.8 Å². The lowest BCUT2D eigenvalue weighted by Gasteiger charge is -2.11. The van der Waals surface area contributed by atoms with Crippen molar-refractivity contribution in [3.63, 3.8) is 0 Å². The Balaban J connectivity index is 2.13. The summed E-state index contributed by atoms with van der Waals surface area (Å²) < 4.78 is 2.41. The van der Waals surface area contributed by atoms with Gasteiger partial charge in [0.2, 0.25) is 0 Å². The average Bonchev–Trinajstić information content (AvgIpc) is 2.49. The fourth-order valence-electron chi connectivity index (χ4n) is 2.28. The summed E-state index contributed by atoms with van der Waals surface area (Å²) in [5.74, 6) is 0. The number of hydrogen-bond acceptors (Lipinski definition) is 1.